The van der Waals surface area contributed by atoms with Crippen molar-refractivity contribution < 1.29 is 18.0 Å². The lowest BCUT2D eigenvalue weighted by molar-refractivity contribution is -0.113. The maximum Gasteiger partial charge on any atom is 0.255 e. The summed E-state index contributed by atoms with van der Waals surface area (Å²) in [7, 11) is -1.60. The van der Waals surface area contributed by atoms with E-state index in [-0.39, 0.29) is 28.2 Å². The summed E-state index contributed by atoms with van der Waals surface area (Å²) < 4.78 is 25.2. The van der Waals surface area contributed by atoms with Gasteiger partial charge in [-0.25, -0.2) is 13.1 Å². The van der Waals surface area contributed by atoms with Crippen LogP contribution in [-0.4, -0.2) is 51.9 Å². The van der Waals surface area contributed by atoms with Gasteiger partial charge in [-0.15, -0.1) is 5.10 Å². The number of carbonyl (C=O) groups excluding carboxylic acids is 2. The Labute approximate surface area is 183 Å². The highest BCUT2D eigenvalue weighted by molar-refractivity contribution is 7.99. The molecule has 0 radical (unpaired) electrons. The lowest BCUT2D eigenvalue weighted by atomic mass is 10.2. The van der Waals surface area contributed by atoms with Crippen molar-refractivity contribution >= 4 is 44.8 Å². The highest BCUT2D eigenvalue weighted by atomic mass is 32.2. The standard InChI is InChI=1S/C19H20N6O4S2/c1-3-31(28,29)16-10-8-15(9-11-16)21-18(27)13-4-6-14(7-5-13)20-17(26)12-30-19-22-23-24-25(19)2/h4-11H,3,12H2,1-2H3,(H,20,26)(H,21,27). The van der Waals surface area contributed by atoms with Crippen molar-refractivity contribution in [1.29, 1.82) is 0 Å². The number of thioether (sulfide) groups is 1. The number of hydrogen-bond acceptors (Lipinski definition) is 8. The van der Waals surface area contributed by atoms with Crippen molar-refractivity contribution in [2.75, 3.05) is 22.1 Å². The number of sulfone groups is 1. The fourth-order valence-electron chi connectivity index (χ4n) is 2.49. The molecule has 12 heteroatoms. The average molecular weight is 461 g/mol. The first-order valence-corrected chi connectivity index (χ1v) is 11.8. The molecule has 1 heterocycles. The van der Waals surface area contributed by atoms with Crippen LogP contribution in [0.2, 0.25) is 0 Å². The van der Waals surface area contributed by atoms with Crippen LogP contribution in [-0.2, 0) is 21.7 Å². The molecule has 0 bridgehead atoms. The van der Waals surface area contributed by atoms with Gasteiger partial charge in [-0.1, -0.05) is 18.7 Å². The van der Waals surface area contributed by atoms with Gasteiger partial charge >= 0.3 is 0 Å². The fourth-order valence-corrected chi connectivity index (χ4v) is 4.03. The van der Waals surface area contributed by atoms with Gasteiger partial charge < -0.3 is 10.6 Å². The summed E-state index contributed by atoms with van der Waals surface area (Å²) in [6.07, 6.45) is 0. The van der Waals surface area contributed by atoms with Crippen molar-refractivity contribution in [3.05, 3.63) is 54.1 Å². The molecular formula is C19H20N6O4S2. The molecule has 0 saturated heterocycles. The van der Waals surface area contributed by atoms with E-state index in [9.17, 15) is 18.0 Å². The van der Waals surface area contributed by atoms with Crippen molar-refractivity contribution in [3.8, 4) is 0 Å². The first-order chi connectivity index (χ1) is 14.8. The first-order valence-electron chi connectivity index (χ1n) is 9.18. The molecule has 2 aromatic carbocycles. The van der Waals surface area contributed by atoms with Gasteiger partial charge in [0.25, 0.3) is 5.91 Å². The molecule has 3 aromatic rings. The van der Waals surface area contributed by atoms with E-state index in [1.807, 2.05) is 0 Å². The second kappa shape index (κ2) is 9.71. The van der Waals surface area contributed by atoms with Crippen LogP contribution in [0.15, 0.2) is 58.6 Å². The Balaban J connectivity index is 1.55. The van der Waals surface area contributed by atoms with Crippen LogP contribution in [0.25, 0.3) is 0 Å². The Hall–Kier alpha value is -3.25. The van der Waals surface area contributed by atoms with Crippen molar-refractivity contribution in [2.24, 2.45) is 7.05 Å². The van der Waals surface area contributed by atoms with E-state index < -0.39 is 9.84 Å². The molecule has 31 heavy (non-hydrogen) atoms. The molecule has 2 N–H and O–H groups in total. The van der Waals surface area contributed by atoms with Crippen LogP contribution in [0.3, 0.4) is 0 Å². The third-order valence-corrected chi connectivity index (χ3v) is 6.96. The number of hydrogen-bond donors (Lipinski definition) is 2. The minimum absolute atomic E-state index is 0.0116. The molecule has 0 spiro atoms. The summed E-state index contributed by atoms with van der Waals surface area (Å²) in [6.45, 7) is 1.57. The second-order valence-corrected chi connectivity index (χ2v) is 9.60. The molecule has 1 aromatic heterocycles. The number of aromatic nitrogens is 4. The van der Waals surface area contributed by atoms with Gasteiger partial charge in [-0.05, 0) is 59.0 Å². The topological polar surface area (TPSA) is 136 Å². The third-order valence-electron chi connectivity index (χ3n) is 4.20. The Bertz CT molecular complexity index is 1170. The molecule has 162 valence electrons. The molecule has 0 aliphatic carbocycles. The summed E-state index contributed by atoms with van der Waals surface area (Å²) in [5, 5.41) is 17.0. The smallest absolute Gasteiger partial charge is 0.255 e. The van der Waals surface area contributed by atoms with Crippen LogP contribution >= 0.6 is 11.8 Å². The summed E-state index contributed by atoms with van der Waals surface area (Å²) >= 11 is 1.21. The van der Waals surface area contributed by atoms with E-state index >= 15 is 0 Å². The van der Waals surface area contributed by atoms with E-state index in [0.717, 1.165) is 0 Å². The van der Waals surface area contributed by atoms with Crippen LogP contribution in [0.4, 0.5) is 11.4 Å². The van der Waals surface area contributed by atoms with Gasteiger partial charge in [0.2, 0.25) is 11.1 Å². The van der Waals surface area contributed by atoms with E-state index in [2.05, 4.69) is 26.2 Å². The largest absolute Gasteiger partial charge is 0.325 e. The molecule has 0 unspecified atom stereocenters. The van der Waals surface area contributed by atoms with E-state index in [1.165, 1.54) is 28.6 Å². The predicted octanol–water partition coefficient (Wildman–Crippen LogP) is 1.99. The number of anilines is 2. The SMILES string of the molecule is CCS(=O)(=O)c1ccc(NC(=O)c2ccc(NC(=O)CSc3nnnn3C)cc2)cc1. The minimum Gasteiger partial charge on any atom is -0.325 e. The molecule has 0 saturated carbocycles. The third kappa shape index (κ3) is 5.89. The molecule has 0 atom stereocenters. The van der Waals surface area contributed by atoms with E-state index in [4.69, 9.17) is 0 Å². The number of rotatable bonds is 8. The second-order valence-electron chi connectivity index (χ2n) is 6.38. The maximum atomic E-state index is 12.4. The zero-order chi connectivity index (χ0) is 22.4. The van der Waals surface area contributed by atoms with Gasteiger partial charge in [0.1, 0.15) is 0 Å². The summed E-state index contributed by atoms with van der Waals surface area (Å²) in [4.78, 5) is 24.7. The number of aryl methyl sites for hydroxylation is 1. The Morgan fingerprint density at radius 1 is 1.00 bits per heavy atom. The summed E-state index contributed by atoms with van der Waals surface area (Å²) in [5.41, 5.74) is 1.42. The van der Waals surface area contributed by atoms with Crippen molar-refractivity contribution in [3.63, 3.8) is 0 Å². The van der Waals surface area contributed by atoms with Gasteiger partial charge in [-0.3, -0.25) is 9.59 Å². The van der Waals surface area contributed by atoms with Crippen LogP contribution < -0.4 is 10.6 Å². The molecular weight excluding hydrogens is 440 g/mol. The Kier molecular flexibility index (Phi) is 7.02. The number of benzene rings is 2. The van der Waals surface area contributed by atoms with E-state index in [0.29, 0.717) is 22.1 Å². The maximum absolute atomic E-state index is 12.4. The van der Waals surface area contributed by atoms with Gasteiger partial charge in [0.15, 0.2) is 9.84 Å². The Morgan fingerprint density at radius 3 is 2.19 bits per heavy atom. The summed E-state index contributed by atoms with van der Waals surface area (Å²) in [6, 6.07) is 12.4. The van der Waals surface area contributed by atoms with Crippen LogP contribution in [0, 0.1) is 0 Å². The molecule has 0 fully saturated rings. The fraction of sp³-hybridized carbons (Fsp3) is 0.211. The lowest BCUT2D eigenvalue weighted by Crippen LogP contribution is -2.15. The van der Waals surface area contributed by atoms with Gasteiger partial charge in [0, 0.05) is 24.0 Å². The van der Waals surface area contributed by atoms with Crippen molar-refractivity contribution in [2.45, 2.75) is 17.0 Å². The number of amides is 2. The minimum atomic E-state index is -3.29. The van der Waals surface area contributed by atoms with Crippen LogP contribution in [0.1, 0.15) is 17.3 Å². The average Bonchev–Trinajstić information content (AvgIpc) is 3.18. The number of nitrogens with one attached hydrogen (secondary N) is 2. The Morgan fingerprint density at radius 2 is 1.61 bits per heavy atom. The quantitative estimate of drug-likeness (QED) is 0.487. The zero-order valence-electron chi connectivity index (χ0n) is 16.8. The highest BCUT2D eigenvalue weighted by Gasteiger charge is 2.12. The molecule has 0 aliphatic heterocycles. The predicted molar refractivity (Wildman–Crippen MR) is 117 cm³/mol. The number of nitrogens with zero attached hydrogens (tertiary/aromatic N) is 4. The molecule has 10 nitrogen and oxygen atoms in total. The normalized spacial score (nSPS) is 11.2. The lowest BCUT2D eigenvalue weighted by Gasteiger charge is -2.08. The number of carbonyl (C=O) groups is 2. The molecule has 0 aliphatic rings. The molecule has 2 amide bonds. The van der Waals surface area contributed by atoms with Gasteiger partial charge in [-0.2, -0.15) is 0 Å². The molecule has 3 rings (SSSR count). The first kappa shape index (κ1) is 22.4. The van der Waals surface area contributed by atoms with Gasteiger partial charge in [0.05, 0.1) is 16.4 Å². The number of tetrazole rings is 1. The summed E-state index contributed by atoms with van der Waals surface area (Å²) in [5.74, 6) is -0.431. The van der Waals surface area contributed by atoms with E-state index in [1.54, 1.807) is 50.4 Å². The van der Waals surface area contributed by atoms with Crippen LogP contribution in [0.5, 0.6) is 0 Å². The monoisotopic (exact) mass is 460 g/mol. The highest BCUT2D eigenvalue weighted by Crippen LogP contribution is 2.18. The van der Waals surface area contributed by atoms with Crippen molar-refractivity contribution in [1.82, 2.24) is 20.2 Å². The zero-order valence-corrected chi connectivity index (χ0v) is 18.4.